The van der Waals surface area contributed by atoms with Crippen LogP contribution in [0.5, 0.6) is 0 Å². The van der Waals surface area contributed by atoms with Gasteiger partial charge in [0.05, 0.1) is 10.2 Å². The number of nitrogens with zero attached hydrogens (tertiary/aromatic N) is 1. The van der Waals surface area contributed by atoms with Crippen LogP contribution in [-0.2, 0) is 0 Å². The third kappa shape index (κ3) is 2.01. The number of aryl methyl sites for hydroxylation is 1. The number of aromatic nitrogens is 1. The van der Waals surface area contributed by atoms with Crippen LogP contribution in [0.2, 0.25) is 0 Å². The largest absolute Gasteiger partial charge is 0.280 e. The summed E-state index contributed by atoms with van der Waals surface area (Å²) in [6.45, 7) is 1.67. The van der Waals surface area contributed by atoms with E-state index >= 15 is 0 Å². The fourth-order valence-corrected chi connectivity index (χ4v) is 1.48. The molecule has 0 aliphatic heterocycles. The molecule has 0 fully saturated rings. The molecule has 0 saturated carbocycles. The van der Waals surface area contributed by atoms with Crippen molar-refractivity contribution in [1.29, 1.82) is 0 Å². The van der Waals surface area contributed by atoms with Crippen LogP contribution < -0.4 is 0 Å². The summed E-state index contributed by atoms with van der Waals surface area (Å²) < 4.78 is 25.6. The van der Waals surface area contributed by atoms with Gasteiger partial charge in [0.25, 0.3) is 6.43 Å². The molecule has 0 aliphatic rings. The topological polar surface area (TPSA) is 12.9 Å². The van der Waals surface area contributed by atoms with Crippen molar-refractivity contribution in [3.63, 3.8) is 0 Å². The van der Waals surface area contributed by atoms with E-state index in [2.05, 4.69) is 36.8 Å². The molecule has 66 valence electrons. The van der Waals surface area contributed by atoms with Crippen LogP contribution >= 0.6 is 31.9 Å². The molecule has 0 unspecified atom stereocenters. The summed E-state index contributed by atoms with van der Waals surface area (Å²) in [5.41, 5.74) is 0.349. The number of hydrogen-bond acceptors (Lipinski definition) is 1. The lowest BCUT2D eigenvalue weighted by Crippen LogP contribution is -1.93. The second-order valence-electron chi connectivity index (χ2n) is 2.23. The molecule has 0 spiro atoms. The lowest BCUT2D eigenvalue weighted by molar-refractivity contribution is 0.146. The van der Waals surface area contributed by atoms with Crippen LogP contribution in [0.15, 0.2) is 15.0 Å². The predicted molar refractivity (Wildman–Crippen MR) is 49.3 cm³/mol. The van der Waals surface area contributed by atoms with Crippen molar-refractivity contribution in [2.75, 3.05) is 0 Å². The van der Waals surface area contributed by atoms with Gasteiger partial charge in [0, 0.05) is 4.47 Å². The van der Waals surface area contributed by atoms with Crippen molar-refractivity contribution in [2.45, 2.75) is 13.3 Å². The van der Waals surface area contributed by atoms with Crippen LogP contribution in [0.1, 0.15) is 17.8 Å². The van der Waals surface area contributed by atoms with Gasteiger partial charge >= 0.3 is 0 Å². The highest BCUT2D eigenvalue weighted by atomic mass is 79.9. The standard InChI is InChI=1S/C7H5Br2F2N/c1-3-6(9)4(8)2-5(12-3)7(10)11/h2,7H,1H3. The van der Waals surface area contributed by atoms with Crippen molar-refractivity contribution in [3.8, 4) is 0 Å². The van der Waals surface area contributed by atoms with E-state index in [-0.39, 0.29) is 5.69 Å². The Bertz CT molecular complexity index is 278. The molecule has 12 heavy (non-hydrogen) atoms. The summed E-state index contributed by atoms with van der Waals surface area (Å²) in [7, 11) is 0. The lowest BCUT2D eigenvalue weighted by Gasteiger charge is -2.04. The maximum Gasteiger partial charge on any atom is 0.280 e. The molecule has 1 aromatic heterocycles. The zero-order valence-corrected chi connectivity index (χ0v) is 9.29. The van der Waals surface area contributed by atoms with Crippen LogP contribution in [0.4, 0.5) is 8.78 Å². The van der Waals surface area contributed by atoms with E-state index in [1.165, 1.54) is 6.07 Å². The van der Waals surface area contributed by atoms with E-state index in [1.54, 1.807) is 6.92 Å². The van der Waals surface area contributed by atoms with E-state index in [1.807, 2.05) is 0 Å². The van der Waals surface area contributed by atoms with E-state index in [0.29, 0.717) is 14.6 Å². The van der Waals surface area contributed by atoms with E-state index in [0.717, 1.165) is 0 Å². The molecule has 1 nitrogen and oxygen atoms in total. The Labute approximate surface area is 85.4 Å². The molecule has 0 aromatic carbocycles. The first-order chi connectivity index (χ1) is 5.52. The average Bonchev–Trinajstić information content (AvgIpc) is 1.99. The van der Waals surface area contributed by atoms with Crippen molar-refractivity contribution in [2.24, 2.45) is 0 Å². The Morgan fingerprint density at radius 1 is 1.42 bits per heavy atom. The zero-order valence-electron chi connectivity index (χ0n) is 6.11. The second-order valence-corrected chi connectivity index (χ2v) is 3.88. The van der Waals surface area contributed by atoms with E-state index < -0.39 is 6.43 Å². The van der Waals surface area contributed by atoms with Crippen LogP contribution in [-0.4, -0.2) is 4.98 Å². The van der Waals surface area contributed by atoms with Gasteiger partial charge in [0.15, 0.2) is 0 Å². The Morgan fingerprint density at radius 3 is 2.42 bits per heavy atom. The lowest BCUT2D eigenvalue weighted by atomic mass is 10.3. The quantitative estimate of drug-likeness (QED) is 0.767. The van der Waals surface area contributed by atoms with Crippen molar-refractivity contribution < 1.29 is 8.78 Å². The number of pyridine rings is 1. The van der Waals surface area contributed by atoms with Crippen LogP contribution in [0.3, 0.4) is 0 Å². The van der Waals surface area contributed by atoms with Gasteiger partial charge < -0.3 is 0 Å². The summed E-state index contributed by atoms with van der Waals surface area (Å²) in [5.74, 6) is 0. The minimum atomic E-state index is -2.52. The van der Waals surface area contributed by atoms with E-state index in [4.69, 9.17) is 0 Å². The van der Waals surface area contributed by atoms with Gasteiger partial charge in [-0.25, -0.2) is 8.78 Å². The molecule has 5 heteroatoms. The highest BCUT2D eigenvalue weighted by Crippen LogP contribution is 2.29. The smallest absolute Gasteiger partial charge is 0.251 e. The first kappa shape index (κ1) is 10.1. The maximum atomic E-state index is 12.2. The molecule has 0 radical (unpaired) electrons. The minimum Gasteiger partial charge on any atom is -0.251 e. The molecule has 0 bridgehead atoms. The van der Waals surface area contributed by atoms with Gasteiger partial charge in [-0.2, -0.15) is 0 Å². The predicted octanol–water partition coefficient (Wildman–Crippen LogP) is 3.85. The molecule has 0 aliphatic carbocycles. The molecular formula is C7H5Br2F2N. The highest BCUT2D eigenvalue weighted by molar-refractivity contribution is 9.13. The molecule has 1 rings (SSSR count). The fourth-order valence-electron chi connectivity index (χ4n) is 0.753. The number of hydrogen-bond donors (Lipinski definition) is 0. The summed E-state index contributed by atoms with van der Waals surface area (Å²) >= 11 is 6.35. The number of halogens is 4. The average molecular weight is 301 g/mol. The molecule has 0 amide bonds. The Kier molecular flexibility index (Phi) is 3.17. The summed E-state index contributed by atoms with van der Waals surface area (Å²) in [4.78, 5) is 3.71. The molecule has 0 saturated heterocycles. The second kappa shape index (κ2) is 3.79. The van der Waals surface area contributed by atoms with Gasteiger partial charge in [0.2, 0.25) is 0 Å². The first-order valence-electron chi connectivity index (χ1n) is 3.13. The minimum absolute atomic E-state index is 0.206. The van der Waals surface area contributed by atoms with Crippen LogP contribution in [0.25, 0.3) is 0 Å². The Morgan fingerprint density at radius 2 is 2.00 bits per heavy atom. The first-order valence-corrected chi connectivity index (χ1v) is 4.71. The SMILES string of the molecule is Cc1nc(C(F)F)cc(Br)c1Br. The monoisotopic (exact) mass is 299 g/mol. The third-order valence-corrected chi connectivity index (χ3v) is 3.48. The van der Waals surface area contributed by atoms with Crippen LogP contribution in [0, 0.1) is 6.92 Å². The van der Waals surface area contributed by atoms with Gasteiger partial charge in [-0.3, -0.25) is 4.98 Å². The number of alkyl halides is 2. The van der Waals surface area contributed by atoms with E-state index in [9.17, 15) is 8.78 Å². The van der Waals surface area contributed by atoms with Gasteiger partial charge in [-0.1, -0.05) is 0 Å². The molecule has 0 atom stereocenters. The van der Waals surface area contributed by atoms with Gasteiger partial charge in [-0.15, -0.1) is 0 Å². The number of rotatable bonds is 1. The zero-order chi connectivity index (χ0) is 9.30. The third-order valence-electron chi connectivity index (χ3n) is 1.32. The summed E-state index contributed by atoms with van der Waals surface area (Å²) in [5, 5.41) is 0. The van der Waals surface area contributed by atoms with Crippen molar-refractivity contribution in [3.05, 3.63) is 26.4 Å². The summed E-state index contributed by atoms with van der Waals surface area (Å²) in [6.07, 6.45) is -2.52. The molecule has 1 aromatic rings. The Hall–Kier alpha value is -0.0300. The molecular weight excluding hydrogens is 296 g/mol. The molecule has 1 heterocycles. The van der Waals surface area contributed by atoms with Gasteiger partial charge in [-0.05, 0) is 44.8 Å². The van der Waals surface area contributed by atoms with Crippen molar-refractivity contribution in [1.82, 2.24) is 4.98 Å². The Balaban J connectivity index is 3.21. The fraction of sp³-hybridized carbons (Fsp3) is 0.286. The molecule has 0 N–H and O–H groups in total. The maximum absolute atomic E-state index is 12.2. The van der Waals surface area contributed by atoms with Gasteiger partial charge in [0.1, 0.15) is 5.69 Å². The highest BCUT2D eigenvalue weighted by Gasteiger charge is 2.12. The normalized spacial score (nSPS) is 10.8. The summed E-state index contributed by atoms with van der Waals surface area (Å²) in [6, 6.07) is 1.31. The van der Waals surface area contributed by atoms with Crippen molar-refractivity contribution >= 4 is 31.9 Å².